The van der Waals surface area contributed by atoms with Gasteiger partial charge in [-0.05, 0) is 17.7 Å². The highest BCUT2D eigenvalue weighted by Crippen LogP contribution is 2.28. The Kier molecular flexibility index (Phi) is 4.32. The van der Waals surface area contributed by atoms with Crippen LogP contribution in [0.25, 0.3) is 0 Å². The summed E-state index contributed by atoms with van der Waals surface area (Å²) in [7, 11) is 5.00. The van der Waals surface area contributed by atoms with E-state index in [0.717, 1.165) is 11.3 Å². The molecule has 5 heteroatoms. The maximum absolute atomic E-state index is 11.6. The Morgan fingerprint density at radius 3 is 2.56 bits per heavy atom. The molecule has 0 unspecified atom stereocenters. The van der Waals surface area contributed by atoms with Crippen molar-refractivity contribution in [2.24, 2.45) is 0 Å². The van der Waals surface area contributed by atoms with Crippen LogP contribution in [0.1, 0.15) is 15.9 Å². The summed E-state index contributed by atoms with van der Waals surface area (Å²) in [6, 6.07) is 3.42. The van der Waals surface area contributed by atoms with Gasteiger partial charge in [-0.3, -0.25) is 0 Å². The van der Waals surface area contributed by atoms with Crippen molar-refractivity contribution in [1.82, 2.24) is 0 Å². The van der Waals surface area contributed by atoms with Gasteiger partial charge < -0.3 is 14.7 Å². The molecule has 0 aliphatic heterocycles. The summed E-state index contributed by atoms with van der Waals surface area (Å²) in [5, 5.41) is 9.15. The van der Waals surface area contributed by atoms with Crippen LogP contribution in [0.3, 0.4) is 0 Å². The maximum atomic E-state index is 11.6. The molecule has 88 valence electrons. The molecule has 0 spiro atoms. The summed E-state index contributed by atoms with van der Waals surface area (Å²) in [6.07, 6.45) is 0. The maximum Gasteiger partial charge on any atom is 0.340 e. The molecule has 4 nitrogen and oxygen atoms in total. The lowest BCUT2D eigenvalue weighted by Gasteiger charge is -2.18. The van der Waals surface area contributed by atoms with Crippen LogP contribution in [-0.4, -0.2) is 32.3 Å². The molecule has 16 heavy (non-hydrogen) atoms. The molecular weight excluding hydrogens is 274 g/mol. The molecule has 1 aromatic carbocycles. The van der Waals surface area contributed by atoms with Crippen molar-refractivity contribution in [3.05, 3.63) is 27.7 Å². The fourth-order valence-corrected chi connectivity index (χ4v) is 1.84. The summed E-state index contributed by atoms with van der Waals surface area (Å²) in [5.74, 6) is -0.395. The average Bonchev–Trinajstić information content (AvgIpc) is 2.27. The van der Waals surface area contributed by atoms with E-state index in [1.807, 2.05) is 14.1 Å². The van der Waals surface area contributed by atoms with Crippen molar-refractivity contribution in [1.29, 1.82) is 0 Å². The monoisotopic (exact) mass is 287 g/mol. The van der Waals surface area contributed by atoms with Gasteiger partial charge in [0.05, 0.1) is 25.0 Å². The molecule has 0 fully saturated rings. The number of esters is 1. The van der Waals surface area contributed by atoms with Crippen LogP contribution in [0.2, 0.25) is 0 Å². The Hall–Kier alpha value is -1.07. The van der Waals surface area contributed by atoms with Crippen LogP contribution >= 0.6 is 15.9 Å². The number of carbonyl (C=O) groups excluding carboxylic acids is 1. The number of aliphatic hydroxyl groups is 1. The second-order valence-electron chi connectivity index (χ2n) is 3.50. The zero-order valence-corrected chi connectivity index (χ0v) is 11.0. The number of halogens is 1. The van der Waals surface area contributed by atoms with Gasteiger partial charge in [0.15, 0.2) is 0 Å². The van der Waals surface area contributed by atoms with E-state index in [9.17, 15) is 4.79 Å². The second kappa shape index (κ2) is 5.32. The van der Waals surface area contributed by atoms with Crippen molar-refractivity contribution >= 4 is 27.6 Å². The number of rotatable bonds is 3. The molecule has 0 aromatic heterocycles. The first kappa shape index (κ1) is 13.0. The summed E-state index contributed by atoms with van der Waals surface area (Å²) in [4.78, 5) is 13.4. The molecule has 0 amide bonds. The number of methoxy groups -OCH3 is 1. The van der Waals surface area contributed by atoms with Gasteiger partial charge in [0.2, 0.25) is 0 Å². The van der Waals surface area contributed by atoms with Gasteiger partial charge in [-0.2, -0.15) is 0 Å². The molecule has 1 aromatic rings. The van der Waals surface area contributed by atoms with E-state index >= 15 is 0 Å². The SMILES string of the molecule is COC(=O)c1cc(Br)c(CO)cc1N(C)C. The Morgan fingerprint density at radius 1 is 1.50 bits per heavy atom. The summed E-state index contributed by atoms with van der Waals surface area (Å²) >= 11 is 3.30. The van der Waals surface area contributed by atoms with E-state index in [0.29, 0.717) is 10.0 Å². The number of ether oxygens (including phenoxy) is 1. The Morgan fingerprint density at radius 2 is 2.12 bits per heavy atom. The normalized spacial score (nSPS) is 10.1. The molecule has 1 N–H and O–H groups in total. The van der Waals surface area contributed by atoms with E-state index in [-0.39, 0.29) is 6.61 Å². The third kappa shape index (κ3) is 2.54. The van der Waals surface area contributed by atoms with Gasteiger partial charge in [-0.15, -0.1) is 0 Å². The highest BCUT2D eigenvalue weighted by atomic mass is 79.9. The van der Waals surface area contributed by atoms with Crippen molar-refractivity contribution in [3.63, 3.8) is 0 Å². The van der Waals surface area contributed by atoms with Crippen molar-refractivity contribution in [2.45, 2.75) is 6.61 Å². The zero-order chi connectivity index (χ0) is 12.3. The lowest BCUT2D eigenvalue weighted by molar-refractivity contribution is 0.0601. The molecule has 0 aliphatic carbocycles. The minimum Gasteiger partial charge on any atom is -0.465 e. The van der Waals surface area contributed by atoms with Gasteiger partial charge in [-0.1, -0.05) is 15.9 Å². The van der Waals surface area contributed by atoms with Crippen LogP contribution in [0, 0.1) is 0 Å². The fraction of sp³-hybridized carbons (Fsp3) is 0.364. The van der Waals surface area contributed by atoms with E-state index in [1.165, 1.54) is 7.11 Å². The van der Waals surface area contributed by atoms with E-state index < -0.39 is 5.97 Å². The Bertz CT molecular complexity index is 404. The highest BCUT2D eigenvalue weighted by Gasteiger charge is 2.16. The van der Waals surface area contributed by atoms with Crippen LogP contribution < -0.4 is 4.90 Å². The summed E-state index contributed by atoms with van der Waals surface area (Å²) < 4.78 is 5.40. The van der Waals surface area contributed by atoms with Gasteiger partial charge in [-0.25, -0.2) is 4.79 Å². The standard InChI is InChI=1S/C11H14BrNO3/c1-13(2)10-4-7(6-14)9(12)5-8(10)11(15)16-3/h4-5,14H,6H2,1-3H3. The molecule has 0 heterocycles. The average molecular weight is 288 g/mol. The molecule has 0 atom stereocenters. The minimum atomic E-state index is -0.395. The molecule has 0 radical (unpaired) electrons. The van der Waals surface area contributed by atoms with Crippen LogP contribution in [-0.2, 0) is 11.3 Å². The minimum absolute atomic E-state index is 0.0805. The third-order valence-corrected chi connectivity index (χ3v) is 2.96. The number of carbonyl (C=O) groups is 1. The fourth-order valence-electron chi connectivity index (χ4n) is 1.37. The lowest BCUT2D eigenvalue weighted by atomic mass is 10.1. The number of benzene rings is 1. The van der Waals surface area contributed by atoms with Crippen LogP contribution in [0.5, 0.6) is 0 Å². The highest BCUT2D eigenvalue weighted by molar-refractivity contribution is 9.10. The molecule has 0 bridgehead atoms. The first-order valence-corrected chi connectivity index (χ1v) is 5.49. The quantitative estimate of drug-likeness (QED) is 0.862. The van der Waals surface area contributed by atoms with Gasteiger partial charge in [0.1, 0.15) is 0 Å². The zero-order valence-electron chi connectivity index (χ0n) is 9.45. The first-order valence-electron chi connectivity index (χ1n) is 4.70. The van der Waals surface area contributed by atoms with E-state index in [4.69, 9.17) is 9.84 Å². The van der Waals surface area contributed by atoms with Gasteiger partial charge >= 0.3 is 5.97 Å². The van der Waals surface area contributed by atoms with Crippen LogP contribution in [0.4, 0.5) is 5.69 Å². The van der Waals surface area contributed by atoms with Gasteiger partial charge in [0, 0.05) is 18.6 Å². The number of nitrogens with zero attached hydrogens (tertiary/aromatic N) is 1. The number of hydrogen-bond acceptors (Lipinski definition) is 4. The Balaban J connectivity index is 3.36. The predicted molar refractivity (Wildman–Crippen MR) is 65.7 cm³/mol. The smallest absolute Gasteiger partial charge is 0.340 e. The number of aliphatic hydroxyl groups excluding tert-OH is 1. The lowest BCUT2D eigenvalue weighted by Crippen LogP contribution is -2.15. The van der Waals surface area contributed by atoms with Crippen molar-refractivity contribution in [3.8, 4) is 0 Å². The second-order valence-corrected chi connectivity index (χ2v) is 4.36. The van der Waals surface area contributed by atoms with E-state index in [2.05, 4.69) is 15.9 Å². The number of hydrogen-bond donors (Lipinski definition) is 1. The Labute approximate surface area is 103 Å². The summed E-state index contributed by atoms with van der Waals surface area (Å²) in [6.45, 7) is -0.0805. The van der Waals surface area contributed by atoms with Gasteiger partial charge in [0.25, 0.3) is 0 Å². The van der Waals surface area contributed by atoms with E-state index in [1.54, 1.807) is 17.0 Å². The molecule has 0 aliphatic rings. The first-order chi connectivity index (χ1) is 7.51. The molecule has 1 rings (SSSR count). The van der Waals surface area contributed by atoms with Crippen molar-refractivity contribution < 1.29 is 14.6 Å². The predicted octanol–water partition coefficient (Wildman–Crippen LogP) is 1.79. The number of anilines is 1. The van der Waals surface area contributed by atoms with Crippen LogP contribution in [0.15, 0.2) is 16.6 Å². The molecule has 0 saturated heterocycles. The topological polar surface area (TPSA) is 49.8 Å². The molecule has 0 saturated carbocycles. The van der Waals surface area contributed by atoms with Crippen molar-refractivity contribution in [2.75, 3.05) is 26.1 Å². The molecular formula is C11H14BrNO3. The third-order valence-electron chi connectivity index (χ3n) is 2.22. The largest absolute Gasteiger partial charge is 0.465 e. The summed E-state index contributed by atoms with van der Waals surface area (Å²) in [5.41, 5.74) is 1.92.